The highest BCUT2D eigenvalue weighted by atomic mass is 32.2. The van der Waals surface area contributed by atoms with Crippen molar-refractivity contribution >= 4 is 33.5 Å². The molecule has 2 aliphatic rings. The lowest BCUT2D eigenvalue weighted by molar-refractivity contribution is 0.0460. The van der Waals surface area contributed by atoms with Crippen molar-refractivity contribution in [2.75, 3.05) is 18.1 Å². The second-order valence-corrected chi connectivity index (χ2v) is 12.5. The number of benzene rings is 1. The van der Waals surface area contributed by atoms with E-state index in [4.69, 9.17) is 4.98 Å². The van der Waals surface area contributed by atoms with Gasteiger partial charge in [-0.15, -0.1) is 0 Å². The summed E-state index contributed by atoms with van der Waals surface area (Å²) >= 11 is 0. The van der Waals surface area contributed by atoms with Gasteiger partial charge in [-0.1, -0.05) is 6.07 Å². The van der Waals surface area contributed by atoms with E-state index in [0.717, 1.165) is 49.1 Å². The molecule has 2 amide bonds. The molecule has 0 unspecified atom stereocenters. The number of carbonyl (C=O) groups is 2. The maximum atomic E-state index is 13.3. The molecule has 210 valence electrons. The summed E-state index contributed by atoms with van der Waals surface area (Å²) in [6, 6.07) is 9.41. The van der Waals surface area contributed by atoms with Gasteiger partial charge in [-0.3, -0.25) is 19.5 Å². The van der Waals surface area contributed by atoms with Crippen molar-refractivity contribution in [3.8, 4) is 0 Å². The van der Waals surface area contributed by atoms with Crippen molar-refractivity contribution < 1.29 is 18.0 Å². The summed E-state index contributed by atoms with van der Waals surface area (Å²) in [7, 11) is -3.74. The highest BCUT2D eigenvalue weighted by Crippen LogP contribution is 2.31. The Labute approximate surface area is 234 Å². The number of likely N-dealkylation sites (tertiary alicyclic amines) is 1. The minimum Gasteiger partial charge on any atom is -0.336 e. The minimum atomic E-state index is -3.74. The second kappa shape index (κ2) is 10.9. The molecule has 40 heavy (non-hydrogen) atoms. The molecular weight excluding hydrogens is 530 g/mol. The fourth-order valence-corrected chi connectivity index (χ4v) is 5.97. The van der Waals surface area contributed by atoms with Gasteiger partial charge < -0.3 is 10.2 Å². The number of hydrogen-bond acceptors (Lipinski definition) is 9. The number of sulfonamides is 1. The zero-order valence-electron chi connectivity index (χ0n) is 23.0. The fraction of sp³-hybridized carbons (Fsp3) is 0.393. The van der Waals surface area contributed by atoms with Crippen molar-refractivity contribution in [1.29, 1.82) is 0 Å². The lowest BCUT2D eigenvalue weighted by atomic mass is 9.96. The third-order valence-corrected chi connectivity index (χ3v) is 7.86. The van der Waals surface area contributed by atoms with Gasteiger partial charge in [0.25, 0.3) is 11.8 Å². The van der Waals surface area contributed by atoms with Crippen molar-refractivity contribution in [2.24, 2.45) is 0 Å². The van der Waals surface area contributed by atoms with Crippen molar-refractivity contribution in [3.63, 3.8) is 0 Å². The zero-order valence-corrected chi connectivity index (χ0v) is 23.8. The molecular formula is C28H33N7O4S. The highest BCUT2D eigenvalue weighted by molar-refractivity contribution is 7.89. The first-order valence-electron chi connectivity index (χ1n) is 13.2. The summed E-state index contributed by atoms with van der Waals surface area (Å²) in [5.41, 5.74) is 5.63. The van der Waals surface area contributed by atoms with Crippen LogP contribution >= 0.6 is 0 Å². The fourth-order valence-electron chi connectivity index (χ4n) is 5.53. The number of amides is 2. The van der Waals surface area contributed by atoms with Gasteiger partial charge in [-0.05, 0) is 69.0 Å². The molecule has 0 radical (unpaired) electrons. The van der Waals surface area contributed by atoms with Gasteiger partial charge in [0, 0.05) is 60.9 Å². The standard InChI is InChI=1S/C28H33N7O4S/c1-17-9-18(2)11-22(10-17)31-28-30-14-21-15-34(16-25(21)32-28)23-6-8-35(19(3)12-23)27(37)20-5-7-29-24(13-20)26(36)33-40(4,38)39/h5,7,9-11,13-14,19,23H,6,8,12,15-16H2,1-4H3,(H,33,36)(H,30,31,32)/t19-,23-/m1/s1. The number of aromatic nitrogens is 3. The third-order valence-electron chi connectivity index (χ3n) is 7.30. The van der Waals surface area contributed by atoms with E-state index >= 15 is 0 Å². The number of anilines is 2. The van der Waals surface area contributed by atoms with E-state index in [1.165, 1.54) is 29.5 Å². The van der Waals surface area contributed by atoms with Gasteiger partial charge in [0.05, 0.1) is 11.9 Å². The Kier molecular flexibility index (Phi) is 7.56. The number of rotatable bonds is 6. The number of fused-ring (bicyclic) bond motifs is 1. The smallest absolute Gasteiger partial charge is 0.283 e. The Bertz CT molecular complexity index is 1560. The summed E-state index contributed by atoms with van der Waals surface area (Å²) in [6.45, 7) is 8.22. The largest absolute Gasteiger partial charge is 0.336 e. The average Bonchev–Trinajstić information content (AvgIpc) is 3.30. The maximum absolute atomic E-state index is 13.3. The van der Waals surface area contributed by atoms with Crippen molar-refractivity contribution in [2.45, 2.75) is 58.8 Å². The molecule has 1 aromatic carbocycles. The minimum absolute atomic E-state index is 0.0238. The van der Waals surface area contributed by atoms with Crippen LogP contribution in [0.2, 0.25) is 0 Å². The molecule has 1 fully saturated rings. The van der Waals surface area contributed by atoms with E-state index < -0.39 is 15.9 Å². The van der Waals surface area contributed by atoms with Crippen LogP contribution in [0.25, 0.3) is 0 Å². The Morgan fingerprint density at radius 2 is 1.80 bits per heavy atom. The molecule has 11 nitrogen and oxygen atoms in total. The predicted octanol–water partition coefficient (Wildman–Crippen LogP) is 2.93. The molecule has 0 aliphatic carbocycles. The van der Waals surface area contributed by atoms with Gasteiger partial charge in [-0.2, -0.15) is 0 Å². The summed E-state index contributed by atoms with van der Waals surface area (Å²) in [5.74, 6) is -0.492. The highest BCUT2D eigenvalue weighted by Gasteiger charge is 2.35. The van der Waals surface area contributed by atoms with E-state index in [-0.39, 0.29) is 23.7 Å². The average molecular weight is 564 g/mol. The molecule has 0 saturated carbocycles. The lowest BCUT2D eigenvalue weighted by Gasteiger charge is -2.41. The van der Waals surface area contributed by atoms with Gasteiger partial charge in [0.15, 0.2) is 0 Å². The number of pyridine rings is 1. The number of hydrogen-bond donors (Lipinski definition) is 2. The summed E-state index contributed by atoms with van der Waals surface area (Å²) in [4.78, 5) is 43.0. The molecule has 4 heterocycles. The molecule has 12 heteroatoms. The van der Waals surface area contributed by atoms with Gasteiger partial charge in [0.2, 0.25) is 16.0 Å². The number of aryl methyl sites for hydroxylation is 2. The van der Waals surface area contributed by atoms with E-state index in [0.29, 0.717) is 18.1 Å². The summed E-state index contributed by atoms with van der Waals surface area (Å²) in [5, 5.41) is 3.33. The van der Waals surface area contributed by atoms with E-state index in [2.05, 4.69) is 52.2 Å². The Hall–Kier alpha value is -3.90. The van der Waals surface area contributed by atoms with Crippen molar-refractivity contribution in [3.05, 3.63) is 76.4 Å². The van der Waals surface area contributed by atoms with Crippen molar-refractivity contribution in [1.82, 2.24) is 29.5 Å². The third kappa shape index (κ3) is 6.28. The van der Waals surface area contributed by atoms with Crippen LogP contribution in [-0.2, 0) is 23.1 Å². The first-order valence-corrected chi connectivity index (χ1v) is 15.1. The number of piperidine rings is 1. The van der Waals surface area contributed by atoms with Crippen LogP contribution in [0.5, 0.6) is 0 Å². The van der Waals surface area contributed by atoms with Crippen LogP contribution in [0.1, 0.15) is 63.0 Å². The van der Waals surface area contributed by atoms with E-state index in [9.17, 15) is 18.0 Å². The van der Waals surface area contributed by atoms with Gasteiger partial charge in [-0.25, -0.2) is 23.1 Å². The number of carbonyl (C=O) groups excluding carboxylic acids is 2. The topological polar surface area (TPSA) is 137 Å². The molecule has 5 rings (SSSR count). The molecule has 2 aromatic heterocycles. The second-order valence-electron chi connectivity index (χ2n) is 10.7. The van der Waals surface area contributed by atoms with E-state index in [1.54, 1.807) is 4.90 Å². The van der Waals surface area contributed by atoms with E-state index in [1.807, 2.05) is 17.8 Å². The van der Waals surface area contributed by atoms with Crippen LogP contribution in [0.4, 0.5) is 11.6 Å². The molecule has 0 bridgehead atoms. The first-order chi connectivity index (χ1) is 18.9. The molecule has 1 saturated heterocycles. The Morgan fingerprint density at radius 3 is 2.50 bits per heavy atom. The summed E-state index contributed by atoms with van der Waals surface area (Å²) in [6.07, 6.45) is 5.73. The van der Waals surface area contributed by atoms with Crippen LogP contribution in [0.15, 0.2) is 42.7 Å². The number of nitrogens with zero attached hydrogens (tertiary/aromatic N) is 5. The first kappa shape index (κ1) is 27.7. The predicted molar refractivity (Wildman–Crippen MR) is 151 cm³/mol. The SMILES string of the molecule is Cc1cc(C)cc(Nc2ncc3c(n2)CN([C@@H]2CCN(C(=O)c4ccnc(C(=O)NS(C)(=O)=O)c4)[C@H](C)C2)C3)c1. The monoisotopic (exact) mass is 563 g/mol. The molecule has 2 atom stereocenters. The molecule has 2 aliphatic heterocycles. The van der Waals surface area contributed by atoms with Crippen LogP contribution in [0, 0.1) is 13.8 Å². The normalized spacial score (nSPS) is 19.2. The lowest BCUT2D eigenvalue weighted by Crippen LogP contribution is -2.50. The number of nitrogens with one attached hydrogen (secondary N) is 2. The Balaban J connectivity index is 1.21. The molecule has 0 spiro atoms. The van der Waals surface area contributed by atoms with Gasteiger partial charge in [0.1, 0.15) is 5.69 Å². The zero-order chi connectivity index (χ0) is 28.6. The summed E-state index contributed by atoms with van der Waals surface area (Å²) < 4.78 is 24.7. The van der Waals surface area contributed by atoms with Crippen LogP contribution < -0.4 is 10.0 Å². The quantitative estimate of drug-likeness (QED) is 0.464. The molecule has 3 aromatic rings. The van der Waals surface area contributed by atoms with Crippen LogP contribution in [-0.4, -0.2) is 69.9 Å². The van der Waals surface area contributed by atoms with Crippen LogP contribution in [0.3, 0.4) is 0 Å². The Morgan fingerprint density at radius 1 is 1.05 bits per heavy atom. The molecule has 2 N–H and O–H groups in total. The maximum Gasteiger partial charge on any atom is 0.283 e. The van der Waals surface area contributed by atoms with Gasteiger partial charge >= 0.3 is 0 Å².